The van der Waals surface area contributed by atoms with Gasteiger partial charge in [-0.1, -0.05) is 18.2 Å². The molecule has 0 aliphatic heterocycles. The lowest BCUT2D eigenvalue weighted by Gasteiger charge is -2.02. The molecule has 0 bridgehead atoms. The summed E-state index contributed by atoms with van der Waals surface area (Å²) in [5, 5.41) is 5.86. The van der Waals surface area contributed by atoms with Crippen molar-refractivity contribution in [2.45, 2.75) is 6.42 Å². The van der Waals surface area contributed by atoms with E-state index in [0.717, 1.165) is 16.2 Å². The molecule has 0 atom stereocenters. The number of ether oxygens (including phenoxy) is 1. The van der Waals surface area contributed by atoms with Gasteiger partial charge in [0.25, 0.3) is 0 Å². The first kappa shape index (κ1) is 13.3. The molecule has 98 valence electrons. The van der Waals surface area contributed by atoms with E-state index < -0.39 is 0 Å². The van der Waals surface area contributed by atoms with E-state index in [9.17, 15) is 4.79 Å². The third kappa shape index (κ3) is 4.22. The summed E-state index contributed by atoms with van der Waals surface area (Å²) in [6, 6.07) is 11.3. The average molecular weight is 274 g/mol. The smallest absolute Gasteiger partial charge is 0.244 e. The average Bonchev–Trinajstić information content (AvgIpc) is 2.93. The molecule has 1 heterocycles. The van der Waals surface area contributed by atoms with Crippen LogP contribution in [0.1, 0.15) is 10.4 Å². The van der Waals surface area contributed by atoms with Crippen LogP contribution in [0.25, 0.3) is 0 Å². The second kappa shape index (κ2) is 6.70. The minimum Gasteiger partial charge on any atom is -0.497 e. The van der Waals surface area contributed by atoms with E-state index in [-0.39, 0.29) is 5.91 Å². The van der Waals surface area contributed by atoms with Crippen molar-refractivity contribution in [2.75, 3.05) is 7.11 Å². The van der Waals surface area contributed by atoms with Gasteiger partial charge < -0.3 is 4.74 Å². The SMILES string of the molecule is COc1ccc(CC(=O)N/N=C/c2cccs2)cc1. The molecule has 5 heteroatoms. The van der Waals surface area contributed by atoms with Crippen LogP contribution in [0.2, 0.25) is 0 Å². The molecule has 19 heavy (non-hydrogen) atoms. The van der Waals surface area contributed by atoms with Gasteiger partial charge >= 0.3 is 0 Å². The van der Waals surface area contributed by atoms with Gasteiger partial charge in [-0.2, -0.15) is 5.10 Å². The van der Waals surface area contributed by atoms with E-state index >= 15 is 0 Å². The van der Waals surface area contributed by atoms with Crippen LogP contribution in [0.4, 0.5) is 0 Å². The number of amides is 1. The largest absolute Gasteiger partial charge is 0.497 e. The monoisotopic (exact) mass is 274 g/mol. The predicted octanol–water partition coefficient (Wildman–Crippen LogP) is 2.45. The summed E-state index contributed by atoms with van der Waals surface area (Å²) in [7, 11) is 1.61. The van der Waals surface area contributed by atoms with Crippen LogP contribution in [0.5, 0.6) is 5.75 Å². The first-order chi connectivity index (χ1) is 9.28. The van der Waals surface area contributed by atoms with Gasteiger partial charge in [0.2, 0.25) is 5.91 Å². The molecule has 1 aromatic carbocycles. The summed E-state index contributed by atoms with van der Waals surface area (Å²) in [4.78, 5) is 12.6. The summed E-state index contributed by atoms with van der Waals surface area (Å²) in [6.07, 6.45) is 1.93. The fourth-order valence-electron chi connectivity index (χ4n) is 1.50. The zero-order valence-electron chi connectivity index (χ0n) is 10.5. The van der Waals surface area contributed by atoms with E-state index in [0.29, 0.717) is 6.42 Å². The molecular formula is C14H14N2O2S. The van der Waals surface area contributed by atoms with Crippen LogP contribution in [0.3, 0.4) is 0 Å². The number of hydrogen-bond acceptors (Lipinski definition) is 4. The normalized spacial score (nSPS) is 10.6. The Hall–Kier alpha value is -2.14. The Kier molecular flexibility index (Phi) is 4.69. The van der Waals surface area contributed by atoms with Crippen LogP contribution in [-0.4, -0.2) is 19.2 Å². The topological polar surface area (TPSA) is 50.7 Å². The molecule has 0 fully saturated rings. The molecule has 0 spiro atoms. The lowest BCUT2D eigenvalue weighted by Crippen LogP contribution is -2.19. The molecule has 0 aliphatic rings. The molecule has 2 aromatic rings. The predicted molar refractivity (Wildman–Crippen MR) is 76.8 cm³/mol. The van der Waals surface area contributed by atoms with Gasteiger partial charge in [0.1, 0.15) is 5.75 Å². The minimum atomic E-state index is -0.141. The molecule has 4 nitrogen and oxygen atoms in total. The molecule has 0 saturated heterocycles. The highest BCUT2D eigenvalue weighted by Gasteiger charge is 2.02. The lowest BCUT2D eigenvalue weighted by atomic mass is 10.1. The van der Waals surface area contributed by atoms with Crippen LogP contribution in [0, 0.1) is 0 Å². The van der Waals surface area contributed by atoms with E-state index in [1.807, 2.05) is 41.8 Å². The Balaban J connectivity index is 1.83. The van der Waals surface area contributed by atoms with Crippen LogP contribution in [-0.2, 0) is 11.2 Å². The van der Waals surface area contributed by atoms with Crippen molar-refractivity contribution in [1.29, 1.82) is 0 Å². The fraction of sp³-hybridized carbons (Fsp3) is 0.143. The number of rotatable bonds is 5. The summed E-state index contributed by atoms with van der Waals surface area (Å²) in [5.41, 5.74) is 3.42. The zero-order valence-corrected chi connectivity index (χ0v) is 11.3. The highest BCUT2D eigenvalue weighted by atomic mass is 32.1. The molecule has 1 N–H and O–H groups in total. The molecule has 1 amide bonds. The van der Waals surface area contributed by atoms with Crippen molar-refractivity contribution in [3.8, 4) is 5.75 Å². The van der Waals surface area contributed by atoms with E-state index in [2.05, 4.69) is 10.5 Å². The van der Waals surface area contributed by atoms with Crippen molar-refractivity contribution >= 4 is 23.5 Å². The van der Waals surface area contributed by atoms with Crippen molar-refractivity contribution in [1.82, 2.24) is 5.43 Å². The van der Waals surface area contributed by atoms with E-state index in [4.69, 9.17) is 4.74 Å². The van der Waals surface area contributed by atoms with Crippen LogP contribution >= 0.6 is 11.3 Å². The molecular weight excluding hydrogens is 260 g/mol. The molecule has 0 aliphatic carbocycles. The number of carbonyl (C=O) groups is 1. The third-order valence-corrected chi connectivity index (χ3v) is 3.25. The van der Waals surface area contributed by atoms with Crippen molar-refractivity contribution in [3.05, 3.63) is 52.2 Å². The van der Waals surface area contributed by atoms with Crippen LogP contribution < -0.4 is 10.2 Å². The molecule has 0 unspecified atom stereocenters. The molecule has 2 rings (SSSR count). The highest BCUT2D eigenvalue weighted by molar-refractivity contribution is 7.11. The maximum Gasteiger partial charge on any atom is 0.244 e. The summed E-state index contributed by atoms with van der Waals surface area (Å²) < 4.78 is 5.06. The van der Waals surface area contributed by atoms with Crippen molar-refractivity contribution in [2.24, 2.45) is 5.10 Å². The van der Waals surface area contributed by atoms with Gasteiger partial charge in [-0.15, -0.1) is 11.3 Å². The number of nitrogens with zero attached hydrogens (tertiary/aromatic N) is 1. The number of hydrazone groups is 1. The number of carbonyl (C=O) groups excluding carboxylic acids is 1. The Morgan fingerprint density at radius 1 is 1.37 bits per heavy atom. The first-order valence-corrected chi connectivity index (χ1v) is 6.64. The van der Waals surface area contributed by atoms with Crippen molar-refractivity contribution in [3.63, 3.8) is 0 Å². The molecule has 1 aromatic heterocycles. The zero-order chi connectivity index (χ0) is 13.5. The quantitative estimate of drug-likeness (QED) is 0.672. The summed E-state index contributed by atoms with van der Waals surface area (Å²) in [6.45, 7) is 0. The number of benzene rings is 1. The Morgan fingerprint density at radius 2 is 2.16 bits per heavy atom. The third-order valence-electron chi connectivity index (χ3n) is 2.45. The lowest BCUT2D eigenvalue weighted by molar-refractivity contribution is -0.120. The maximum atomic E-state index is 11.6. The van der Waals surface area contributed by atoms with Crippen molar-refractivity contribution < 1.29 is 9.53 Å². The van der Waals surface area contributed by atoms with Crippen LogP contribution in [0.15, 0.2) is 46.9 Å². The van der Waals surface area contributed by atoms with Gasteiger partial charge in [0, 0.05) is 4.88 Å². The maximum absolute atomic E-state index is 11.6. The minimum absolute atomic E-state index is 0.141. The number of thiophene rings is 1. The Labute approximate surface area is 115 Å². The number of hydrogen-bond donors (Lipinski definition) is 1. The van der Waals surface area contributed by atoms with Gasteiger partial charge in [0.15, 0.2) is 0 Å². The van der Waals surface area contributed by atoms with E-state index in [1.165, 1.54) is 0 Å². The highest BCUT2D eigenvalue weighted by Crippen LogP contribution is 2.11. The summed E-state index contributed by atoms with van der Waals surface area (Å²) in [5.74, 6) is 0.637. The van der Waals surface area contributed by atoms with Gasteiger partial charge in [-0.25, -0.2) is 5.43 Å². The number of methoxy groups -OCH3 is 1. The number of nitrogens with one attached hydrogen (secondary N) is 1. The Morgan fingerprint density at radius 3 is 2.79 bits per heavy atom. The summed E-state index contributed by atoms with van der Waals surface area (Å²) >= 11 is 1.57. The second-order valence-corrected chi connectivity index (χ2v) is 4.81. The fourth-order valence-corrected chi connectivity index (χ4v) is 2.09. The molecule has 0 saturated carbocycles. The van der Waals surface area contributed by atoms with Gasteiger partial charge in [0.05, 0.1) is 19.7 Å². The standard InChI is InChI=1S/C14H14N2O2S/c1-18-12-6-4-11(5-7-12)9-14(17)16-15-10-13-3-2-8-19-13/h2-8,10H,9H2,1H3,(H,16,17)/b15-10+. The molecule has 0 radical (unpaired) electrons. The second-order valence-electron chi connectivity index (χ2n) is 3.83. The van der Waals surface area contributed by atoms with Gasteiger partial charge in [-0.05, 0) is 29.1 Å². The van der Waals surface area contributed by atoms with Gasteiger partial charge in [-0.3, -0.25) is 4.79 Å². The Bertz CT molecular complexity index is 547. The first-order valence-electron chi connectivity index (χ1n) is 5.76. The van der Waals surface area contributed by atoms with E-state index in [1.54, 1.807) is 24.7 Å².